The van der Waals surface area contributed by atoms with E-state index in [4.69, 9.17) is 9.15 Å². The van der Waals surface area contributed by atoms with Crippen LogP contribution in [0.2, 0.25) is 0 Å². The summed E-state index contributed by atoms with van der Waals surface area (Å²) in [5.74, 6) is 0.785. The van der Waals surface area contributed by atoms with Crippen LogP contribution >= 0.6 is 54.5 Å². The van der Waals surface area contributed by atoms with Crippen LogP contribution in [0.25, 0.3) is 0 Å². The van der Waals surface area contributed by atoms with E-state index >= 15 is 0 Å². The lowest BCUT2D eigenvalue weighted by Crippen LogP contribution is -2.26. The molecule has 0 aliphatic carbocycles. The maximum atomic E-state index is 12.0. The van der Waals surface area contributed by atoms with Gasteiger partial charge in [0.25, 0.3) is 5.91 Å². The van der Waals surface area contributed by atoms with E-state index in [1.807, 2.05) is 6.07 Å². The largest absolute Gasteiger partial charge is 0.481 e. The average Bonchev–Trinajstić information content (AvgIpc) is 2.97. The number of halogens is 3. The Bertz CT molecular complexity index is 879. The Hall–Kier alpha value is -0.870. The number of hydrogen-bond acceptors (Lipinski definition) is 4. The highest BCUT2D eigenvalue weighted by Crippen LogP contribution is 2.42. The molecule has 2 aromatic rings. The van der Waals surface area contributed by atoms with Crippen molar-refractivity contribution < 1.29 is 13.9 Å². The quantitative estimate of drug-likeness (QED) is 0.210. The van der Waals surface area contributed by atoms with Crippen LogP contribution in [0.1, 0.15) is 52.4 Å². The highest BCUT2D eigenvalue weighted by Gasteiger charge is 2.28. The summed E-state index contributed by atoms with van der Waals surface area (Å²) in [5.41, 5.74) is 3.83. The highest BCUT2D eigenvalue weighted by atomic mass is 127. The number of nitrogens with zero attached hydrogens (tertiary/aromatic N) is 1. The van der Waals surface area contributed by atoms with Crippen LogP contribution in [0.3, 0.4) is 0 Å². The predicted molar refractivity (Wildman–Crippen MR) is 132 cm³/mol. The fourth-order valence-corrected chi connectivity index (χ4v) is 5.10. The number of benzene rings is 1. The van der Waals surface area contributed by atoms with Gasteiger partial charge in [0.1, 0.15) is 11.5 Å². The molecule has 2 rings (SSSR count). The van der Waals surface area contributed by atoms with Crippen LogP contribution in [-0.2, 0) is 10.2 Å². The van der Waals surface area contributed by atoms with Gasteiger partial charge in [-0.3, -0.25) is 4.79 Å². The number of hydrazone groups is 1. The van der Waals surface area contributed by atoms with Crippen molar-refractivity contribution in [1.29, 1.82) is 0 Å². The first-order chi connectivity index (χ1) is 13.4. The van der Waals surface area contributed by atoms with Gasteiger partial charge in [-0.25, -0.2) is 5.43 Å². The highest BCUT2D eigenvalue weighted by molar-refractivity contribution is 14.1. The molecule has 1 heterocycles. The molecule has 0 bridgehead atoms. The number of nitrogens with one attached hydrogen (secondary N) is 1. The number of carbonyl (C=O) groups excluding carboxylic acids is 1. The molecule has 0 radical (unpaired) electrons. The first-order valence-corrected chi connectivity index (χ1v) is 11.7. The maximum absolute atomic E-state index is 12.0. The average molecular weight is 640 g/mol. The Balaban J connectivity index is 2.00. The summed E-state index contributed by atoms with van der Waals surface area (Å²) in [4.78, 5) is 12.0. The SMILES string of the molecule is CC(C)(C)CC(C)(C)c1cc(Br)c(OCC(=O)N/N=C\c2ccc(I)o2)c(Br)c1. The Kier molecular flexibility index (Phi) is 8.38. The predicted octanol–water partition coefficient (Wildman–Crippen LogP) is 6.65. The van der Waals surface area contributed by atoms with E-state index in [2.05, 4.69) is 112 Å². The summed E-state index contributed by atoms with van der Waals surface area (Å²) in [6.45, 7) is 11.0. The van der Waals surface area contributed by atoms with Gasteiger partial charge in [-0.05, 0) is 102 Å². The third kappa shape index (κ3) is 7.71. The van der Waals surface area contributed by atoms with Crippen LogP contribution in [0.15, 0.2) is 42.7 Å². The summed E-state index contributed by atoms with van der Waals surface area (Å²) < 4.78 is 13.4. The van der Waals surface area contributed by atoms with E-state index in [0.717, 1.165) is 19.1 Å². The number of ether oxygens (including phenoxy) is 1. The zero-order valence-electron chi connectivity index (χ0n) is 17.1. The number of furan rings is 1. The third-order valence-electron chi connectivity index (χ3n) is 4.07. The normalized spacial score (nSPS) is 12.4. The van der Waals surface area contributed by atoms with Crippen molar-refractivity contribution in [3.05, 3.63) is 48.3 Å². The van der Waals surface area contributed by atoms with Gasteiger partial charge >= 0.3 is 0 Å². The van der Waals surface area contributed by atoms with Crippen molar-refractivity contribution in [2.24, 2.45) is 10.5 Å². The lowest BCUT2D eigenvalue weighted by atomic mass is 9.72. The summed E-state index contributed by atoms with van der Waals surface area (Å²) in [5, 5.41) is 3.87. The Morgan fingerprint density at radius 1 is 1.21 bits per heavy atom. The zero-order chi connectivity index (χ0) is 21.8. The molecule has 158 valence electrons. The molecule has 1 amide bonds. The molecule has 29 heavy (non-hydrogen) atoms. The van der Waals surface area contributed by atoms with Gasteiger partial charge in [0.05, 0.1) is 15.2 Å². The monoisotopic (exact) mass is 638 g/mol. The minimum atomic E-state index is -0.363. The van der Waals surface area contributed by atoms with Crippen LogP contribution in [0.5, 0.6) is 5.75 Å². The molecule has 0 spiro atoms. The molecule has 1 N–H and O–H groups in total. The lowest BCUT2D eigenvalue weighted by Gasteiger charge is -2.33. The molecule has 0 saturated heterocycles. The van der Waals surface area contributed by atoms with Gasteiger partial charge in [0.2, 0.25) is 0 Å². The fraction of sp³-hybridized carbons (Fsp3) is 0.429. The van der Waals surface area contributed by atoms with Crippen molar-refractivity contribution in [3.8, 4) is 5.75 Å². The molecule has 1 aromatic carbocycles. The molecule has 0 unspecified atom stereocenters. The molecule has 0 saturated carbocycles. The minimum absolute atomic E-state index is 0.00240. The van der Waals surface area contributed by atoms with Crippen LogP contribution in [0, 0.1) is 9.18 Å². The van der Waals surface area contributed by atoms with E-state index in [9.17, 15) is 4.79 Å². The van der Waals surface area contributed by atoms with Crippen LogP contribution in [-0.4, -0.2) is 18.7 Å². The van der Waals surface area contributed by atoms with Crippen molar-refractivity contribution in [3.63, 3.8) is 0 Å². The molecule has 5 nitrogen and oxygen atoms in total. The topological polar surface area (TPSA) is 63.8 Å². The van der Waals surface area contributed by atoms with E-state index < -0.39 is 0 Å². The summed E-state index contributed by atoms with van der Waals surface area (Å²) in [6, 6.07) is 7.69. The summed E-state index contributed by atoms with van der Waals surface area (Å²) >= 11 is 9.21. The van der Waals surface area contributed by atoms with Crippen molar-refractivity contribution in [2.45, 2.75) is 46.5 Å². The molecule has 0 aliphatic rings. The van der Waals surface area contributed by atoms with E-state index in [1.165, 1.54) is 11.8 Å². The van der Waals surface area contributed by atoms with E-state index in [-0.39, 0.29) is 23.3 Å². The molecular formula is C21H25Br2IN2O3. The number of amides is 1. The molecular weight excluding hydrogens is 615 g/mol. The maximum Gasteiger partial charge on any atom is 0.277 e. The van der Waals surface area contributed by atoms with Crippen molar-refractivity contribution >= 4 is 66.6 Å². The van der Waals surface area contributed by atoms with Gasteiger partial charge in [0, 0.05) is 0 Å². The second-order valence-corrected chi connectivity index (χ2v) is 11.4. The van der Waals surface area contributed by atoms with Crippen LogP contribution < -0.4 is 10.2 Å². The first-order valence-electron chi connectivity index (χ1n) is 9.07. The zero-order valence-corrected chi connectivity index (χ0v) is 22.4. The Morgan fingerprint density at radius 3 is 2.34 bits per heavy atom. The van der Waals surface area contributed by atoms with Crippen LogP contribution in [0.4, 0.5) is 0 Å². The minimum Gasteiger partial charge on any atom is -0.481 e. The number of hydrogen-bond donors (Lipinski definition) is 1. The fourth-order valence-electron chi connectivity index (χ4n) is 3.25. The smallest absolute Gasteiger partial charge is 0.277 e. The van der Waals surface area contributed by atoms with Gasteiger partial charge in [-0.2, -0.15) is 5.10 Å². The third-order valence-corrected chi connectivity index (χ3v) is 5.83. The van der Waals surface area contributed by atoms with E-state index in [0.29, 0.717) is 11.5 Å². The lowest BCUT2D eigenvalue weighted by molar-refractivity contribution is -0.123. The molecule has 1 aromatic heterocycles. The van der Waals surface area contributed by atoms with Gasteiger partial charge < -0.3 is 9.15 Å². The van der Waals surface area contributed by atoms with Gasteiger partial charge in [0.15, 0.2) is 10.4 Å². The molecule has 0 aliphatic heterocycles. The number of rotatable bonds is 7. The molecule has 0 fully saturated rings. The van der Waals surface area contributed by atoms with Crippen molar-refractivity contribution in [2.75, 3.05) is 6.61 Å². The number of carbonyl (C=O) groups is 1. The standard InChI is InChI=1S/C21H25Br2IN2O3/c1-20(2,3)12-21(4,5)13-8-15(22)19(16(23)9-13)28-11-18(27)26-25-10-14-6-7-17(24)29-14/h6-10H,11-12H2,1-5H3,(H,26,27)/b25-10-. The molecule has 0 atom stereocenters. The van der Waals surface area contributed by atoms with Gasteiger partial charge in [-0.1, -0.05) is 34.6 Å². The van der Waals surface area contributed by atoms with Gasteiger partial charge in [-0.15, -0.1) is 0 Å². The second-order valence-electron chi connectivity index (χ2n) is 8.61. The summed E-state index contributed by atoms with van der Waals surface area (Å²) in [7, 11) is 0. The Morgan fingerprint density at radius 2 is 1.83 bits per heavy atom. The summed E-state index contributed by atoms with van der Waals surface area (Å²) in [6.07, 6.45) is 2.48. The second kappa shape index (κ2) is 9.96. The van der Waals surface area contributed by atoms with Crippen molar-refractivity contribution in [1.82, 2.24) is 5.43 Å². The Labute approximate surface area is 202 Å². The van der Waals surface area contributed by atoms with E-state index in [1.54, 1.807) is 6.07 Å². The first kappa shape index (κ1) is 24.4. The molecule has 8 heteroatoms.